The van der Waals surface area contributed by atoms with Crippen LogP contribution in [0.4, 0.5) is 0 Å². The van der Waals surface area contributed by atoms with Gasteiger partial charge in [-0.25, -0.2) is 0 Å². The molecule has 5 nitrogen and oxygen atoms in total. The minimum Gasteiger partial charge on any atom is -0.379 e. The van der Waals surface area contributed by atoms with Gasteiger partial charge in [-0.1, -0.05) is 13.8 Å². The number of carbonyl (C=O) groups excluding carboxylic acids is 2. The summed E-state index contributed by atoms with van der Waals surface area (Å²) in [7, 11) is 0. The molecule has 2 rings (SSSR count). The average molecular weight is 254 g/mol. The molecular formula is C13H22N2O3. The fourth-order valence-corrected chi connectivity index (χ4v) is 2.90. The number of amides is 2. The van der Waals surface area contributed by atoms with Crippen molar-refractivity contribution in [1.82, 2.24) is 10.2 Å². The number of nitrogens with one attached hydrogen (secondary N) is 1. The van der Waals surface area contributed by atoms with E-state index in [-0.39, 0.29) is 17.9 Å². The second-order valence-electron chi connectivity index (χ2n) is 5.18. The van der Waals surface area contributed by atoms with Crippen LogP contribution >= 0.6 is 0 Å². The Balaban J connectivity index is 2.30. The fraction of sp³-hybridized carbons (Fsp3) is 0.846. The van der Waals surface area contributed by atoms with Crippen LogP contribution in [0.15, 0.2) is 0 Å². The van der Waals surface area contributed by atoms with Crippen molar-refractivity contribution >= 4 is 11.8 Å². The highest BCUT2D eigenvalue weighted by Gasteiger charge is 2.49. The van der Waals surface area contributed by atoms with E-state index < -0.39 is 11.6 Å². The van der Waals surface area contributed by atoms with Crippen molar-refractivity contribution < 1.29 is 14.3 Å². The average Bonchev–Trinajstić information content (AvgIpc) is 2.88. The Hall–Kier alpha value is -1.10. The second-order valence-corrected chi connectivity index (χ2v) is 5.18. The van der Waals surface area contributed by atoms with Gasteiger partial charge in [0.2, 0.25) is 11.8 Å². The topological polar surface area (TPSA) is 58.6 Å². The lowest BCUT2D eigenvalue weighted by atomic mass is 9.86. The molecule has 2 fully saturated rings. The number of ether oxygens (including phenoxy) is 1. The Morgan fingerprint density at radius 3 is 2.56 bits per heavy atom. The van der Waals surface area contributed by atoms with Crippen molar-refractivity contribution in [2.24, 2.45) is 0 Å². The van der Waals surface area contributed by atoms with Gasteiger partial charge in [0, 0.05) is 6.61 Å². The molecule has 0 spiro atoms. The highest BCUT2D eigenvalue weighted by atomic mass is 16.5. The summed E-state index contributed by atoms with van der Waals surface area (Å²) in [4.78, 5) is 26.6. The van der Waals surface area contributed by atoms with Crippen LogP contribution in [0.2, 0.25) is 0 Å². The lowest BCUT2D eigenvalue weighted by molar-refractivity contribution is -0.157. The lowest BCUT2D eigenvalue weighted by Crippen LogP contribution is -2.71. The van der Waals surface area contributed by atoms with Crippen LogP contribution in [-0.4, -0.2) is 47.6 Å². The summed E-state index contributed by atoms with van der Waals surface area (Å²) < 4.78 is 5.35. The maximum atomic E-state index is 12.7. The highest BCUT2D eigenvalue weighted by Crippen LogP contribution is 2.28. The molecule has 0 radical (unpaired) electrons. The quantitative estimate of drug-likeness (QED) is 0.806. The molecule has 5 heteroatoms. The zero-order valence-corrected chi connectivity index (χ0v) is 11.4. The molecule has 0 aromatic heterocycles. The maximum Gasteiger partial charge on any atom is 0.249 e. The van der Waals surface area contributed by atoms with Gasteiger partial charge in [-0.3, -0.25) is 9.59 Å². The third-order valence-corrected chi connectivity index (χ3v) is 4.31. The smallest absolute Gasteiger partial charge is 0.249 e. The highest BCUT2D eigenvalue weighted by molar-refractivity contribution is 5.99. The summed E-state index contributed by atoms with van der Waals surface area (Å²) in [6.07, 6.45) is 2.09. The summed E-state index contributed by atoms with van der Waals surface area (Å²) in [6.45, 7) is 6.91. The van der Waals surface area contributed by atoms with Crippen LogP contribution in [0.5, 0.6) is 0 Å². The third kappa shape index (κ3) is 1.90. The molecule has 18 heavy (non-hydrogen) atoms. The van der Waals surface area contributed by atoms with E-state index in [2.05, 4.69) is 5.32 Å². The first kappa shape index (κ1) is 13.3. The molecule has 2 amide bonds. The lowest BCUT2D eigenvalue weighted by Gasteiger charge is -2.46. The van der Waals surface area contributed by atoms with Gasteiger partial charge < -0.3 is 15.0 Å². The minimum absolute atomic E-state index is 0.0507. The molecule has 0 aromatic carbocycles. The first-order valence-electron chi connectivity index (χ1n) is 6.78. The summed E-state index contributed by atoms with van der Waals surface area (Å²) >= 11 is 0. The van der Waals surface area contributed by atoms with Crippen LogP contribution < -0.4 is 5.32 Å². The zero-order chi connectivity index (χ0) is 13.3. The predicted molar refractivity (Wildman–Crippen MR) is 67.0 cm³/mol. The predicted octanol–water partition coefficient (Wildman–Crippen LogP) is 0.681. The van der Waals surface area contributed by atoms with Gasteiger partial charge in [-0.2, -0.15) is 0 Å². The summed E-state index contributed by atoms with van der Waals surface area (Å²) in [5.41, 5.74) is -0.716. The van der Waals surface area contributed by atoms with E-state index in [1.54, 1.807) is 11.8 Å². The number of hydrogen-bond acceptors (Lipinski definition) is 3. The van der Waals surface area contributed by atoms with E-state index >= 15 is 0 Å². The second kappa shape index (κ2) is 4.88. The van der Waals surface area contributed by atoms with E-state index in [1.807, 2.05) is 13.8 Å². The Bertz CT molecular complexity index is 346. The van der Waals surface area contributed by atoms with Gasteiger partial charge in [0.15, 0.2) is 0 Å². The van der Waals surface area contributed by atoms with Crippen LogP contribution in [0.3, 0.4) is 0 Å². The van der Waals surface area contributed by atoms with Gasteiger partial charge >= 0.3 is 0 Å². The third-order valence-electron chi connectivity index (χ3n) is 4.31. The SMILES string of the molecule is CCC1(CC)NC(=O)C(C)N(C2CCOC2)C1=O. The van der Waals surface area contributed by atoms with Crippen molar-refractivity contribution in [2.45, 2.75) is 57.7 Å². The van der Waals surface area contributed by atoms with Crippen LogP contribution in [0.25, 0.3) is 0 Å². The molecule has 0 saturated carbocycles. The number of nitrogens with zero attached hydrogens (tertiary/aromatic N) is 1. The molecule has 2 heterocycles. The Morgan fingerprint density at radius 2 is 2.06 bits per heavy atom. The van der Waals surface area contributed by atoms with Gasteiger partial charge in [-0.15, -0.1) is 0 Å². The van der Waals surface area contributed by atoms with E-state index in [1.165, 1.54) is 0 Å². The zero-order valence-electron chi connectivity index (χ0n) is 11.4. The van der Waals surface area contributed by atoms with E-state index in [4.69, 9.17) is 4.74 Å². The van der Waals surface area contributed by atoms with E-state index in [0.29, 0.717) is 26.1 Å². The Labute approximate surface area is 108 Å². The maximum absolute atomic E-state index is 12.7. The molecule has 2 saturated heterocycles. The Kier molecular flexibility index (Phi) is 3.61. The molecular weight excluding hydrogens is 232 g/mol. The van der Waals surface area contributed by atoms with E-state index in [9.17, 15) is 9.59 Å². The van der Waals surface area contributed by atoms with Gasteiger partial charge in [0.1, 0.15) is 11.6 Å². The van der Waals surface area contributed by atoms with Gasteiger partial charge in [-0.05, 0) is 26.2 Å². The normalized spacial score (nSPS) is 31.6. The first-order valence-corrected chi connectivity index (χ1v) is 6.78. The van der Waals surface area contributed by atoms with Crippen molar-refractivity contribution in [1.29, 1.82) is 0 Å². The molecule has 0 aliphatic carbocycles. The van der Waals surface area contributed by atoms with E-state index in [0.717, 1.165) is 6.42 Å². The number of rotatable bonds is 3. The van der Waals surface area contributed by atoms with Crippen molar-refractivity contribution in [2.75, 3.05) is 13.2 Å². The molecule has 2 unspecified atom stereocenters. The number of carbonyl (C=O) groups is 2. The standard InChI is InChI=1S/C13H22N2O3/c1-4-13(5-2)12(17)15(9(3)11(16)14-13)10-6-7-18-8-10/h9-10H,4-8H2,1-3H3,(H,14,16). The largest absolute Gasteiger partial charge is 0.379 e. The monoisotopic (exact) mass is 254 g/mol. The summed E-state index contributed by atoms with van der Waals surface area (Å²) in [6, 6.07) is -0.341. The molecule has 0 bridgehead atoms. The minimum atomic E-state index is -0.716. The van der Waals surface area contributed by atoms with Gasteiger partial charge in [0.25, 0.3) is 0 Å². The van der Waals surface area contributed by atoms with Crippen LogP contribution in [0.1, 0.15) is 40.0 Å². The van der Waals surface area contributed by atoms with Crippen molar-refractivity contribution in [3.05, 3.63) is 0 Å². The number of piperazine rings is 1. The van der Waals surface area contributed by atoms with Crippen molar-refractivity contribution in [3.63, 3.8) is 0 Å². The van der Waals surface area contributed by atoms with Crippen LogP contribution in [0, 0.1) is 0 Å². The van der Waals surface area contributed by atoms with Crippen molar-refractivity contribution in [3.8, 4) is 0 Å². The Morgan fingerprint density at radius 1 is 1.39 bits per heavy atom. The summed E-state index contributed by atoms with van der Waals surface area (Å²) in [5.74, 6) is 0.000278. The molecule has 102 valence electrons. The molecule has 2 aliphatic rings. The number of hydrogen-bond donors (Lipinski definition) is 1. The summed E-state index contributed by atoms with van der Waals surface area (Å²) in [5, 5.41) is 2.91. The van der Waals surface area contributed by atoms with Gasteiger partial charge in [0.05, 0.1) is 12.6 Å². The molecule has 2 atom stereocenters. The molecule has 1 N–H and O–H groups in total. The van der Waals surface area contributed by atoms with Crippen LogP contribution in [-0.2, 0) is 14.3 Å². The first-order chi connectivity index (χ1) is 8.55. The molecule has 2 aliphatic heterocycles. The molecule has 0 aromatic rings. The fourth-order valence-electron chi connectivity index (χ4n) is 2.90.